The summed E-state index contributed by atoms with van der Waals surface area (Å²) in [5.41, 5.74) is 4.40. The molecule has 1 N–H and O–H groups in total. The van der Waals surface area contributed by atoms with Crippen LogP contribution in [-0.2, 0) is 10.5 Å². The van der Waals surface area contributed by atoms with Crippen LogP contribution >= 0.6 is 46.5 Å². The molecule has 0 fully saturated rings. The largest absolute Gasteiger partial charge is 0.457 e. The molecular weight excluding hydrogens is 508 g/mol. The minimum absolute atomic E-state index is 0.193. The van der Waals surface area contributed by atoms with E-state index in [-0.39, 0.29) is 11.7 Å². The van der Waals surface area contributed by atoms with Gasteiger partial charge in [-0.1, -0.05) is 95.0 Å². The van der Waals surface area contributed by atoms with Gasteiger partial charge in [-0.05, 0) is 41.5 Å². The highest BCUT2D eigenvalue weighted by Crippen LogP contribution is 2.32. The van der Waals surface area contributed by atoms with Crippen LogP contribution in [0.25, 0.3) is 0 Å². The van der Waals surface area contributed by atoms with Crippen molar-refractivity contribution in [3.63, 3.8) is 0 Å². The Balaban J connectivity index is 1.21. The number of nitrogens with zero attached hydrogens (tertiary/aromatic N) is 3. The van der Waals surface area contributed by atoms with Crippen molar-refractivity contribution in [1.82, 2.24) is 15.6 Å². The summed E-state index contributed by atoms with van der Waals surface area (Å²) >= 11 is 10.5. The number of aromatic nitrogens is 2. The number of ether oxygens (including phenoxy) is 1. The molecule has 3 aromatic carbocycles. The molecule has 4 aromatic rings. The van der Waals surface area contributed by atoms with Gasteiger partial charge in [-0.2, -0.15) is 5.10 Å². The quantitative estimate of drug-likeness (QED) is 0.144. The second-order valence-corrected chi connectivity index (χ2v) is 10.6. The van der Waals surface area contributed by atoms with E-state index in [0.29, 0.717) is 11.5 Å². The maximum atomic E-state index is 12.1. The lowest BCUT2D eigenvalue weighted by Gasteiger charge is -2.05. The van der Waals surface area contributed by atoms with Crippen molar-refractivity contribution in [3.8, 4) is 11.5 Å². The van der Waals surface area contributed by atoms with Crippen LogP contribution in [0.5, 0.6) is 11.5 Å². The summed E-state index contributed by atoms with van der Waals surface area (Å²) < 4.78 is 7.37. The third-order valence-corrected chi connectivity index (χ3v) is 7.87. The van der Waals surface area contributed by atoms with Crippen LogP contribution in [0.2, 0.25) is 5.02 Å². The summed E-state index contributed by atoms with van der Waals surface area (Å²) in [6.07, 6.45) is 1.58. The summed E-state index contributed by atoms with van der Waals surface area (Å²) in [6, 6.07) is 24.7. The zero-order chi connectivity index (χ0) is 23.6. The zero-order valence-corrected chi connectivity index (χ0v) is 21.0. The number of hydrazone groups is 1. The molecule has 0 aliphatic carbocycles. The number of carbonyl (C=O) groups excluding carboxylic acids is 1. The highest BCUT2D eigenvalue weighted by atomic mass is 35.5. The van der Waals surface area contributed by atoms with Crippen molar-refractivity contribution in [3.05, 3.63) is 95.0 Å². The van der Waals surface area contributed by atoms with E-state index in [0.717, 1.165) is 30.6 Å². The molecule has 4 rings (SSSR count). The number of benzene rings is 3. The summed E-state index contributed by atoms with van der Waals surface area (Å²) in [7, 11) is 0. The molecule has 0 aliphatic heterocycles. The smallest absolute Gasteiger partial charge is 0.250 e. The van der Waals surface area contributed by atoms with E-state index < -0.39 is 0 Å². The molecule has 0 saturated carbocycles. The minimum atomic E-state index is -0.224. The molecule has 0 saturated heterocycles. The van der Waals surface area contributed by atoms with E-state index >= 15 is 0 Å². The van der Waals surface area contributed by atoms with Gasteiger partial charge in [0.05, 0.1) is 12.0 Å². The van der Waals surface area contributed by atoms with Gasteiger partial charge in [0, 0.05) is 10.8 Å². The molecule has 34 heavy (non-hydrogen) atoms. The number of rotatable bonds is 10. The van der Waals surface area contributed by atoms with Gasteiger partial charge in [0.2, 0.25) is 0 Å². The van der Waals surface area contributed by atoms with Gasteiger partial charge >= 0.3 is 0 Å². The second kappa shape index (κ2) is 12.6. The SMILES string of the molecule is O=C(CSc1nnc(SCc2ccccc2Cl)s1)N/N=C\c1cccc(Oc2ccccc2)c1. The van der Waals surface area contributed by atoms with E-state index in [1.165, 1.54) is 23.1 Å². The molecule has 172 valence electrons. The summed E-state index contributed by atoms with van der Waals surface area (Å²) in [5.74, 6) is 2.13. The Kier molecular flexibility index (Phi) is 8.97. The van der Waals surface area contributed by atoms with Crippen LogP contribution in [0, 0.1) is 0 Å². The maximum Gasteiger partial charge on any atom is 0.250 e. The number of para-hydroxylation sites is 1. The zero-order valence-electron chi connectivity index (χ0n) is 17.8. The molecule has 10 heteroatoms. The Morgan fingerprint density at radius 3 is 2.53 bits per heavy atom. The fourth-order valence-electron chi connectivity index (χ4n) is 2.69. The van der Waals surface area contributed by atoms with Gasteiger partial charge in [-0.3, -0.25) is 4.79 Å². The van der Waals surface area contributed by atoms with Crippen LogP contribution in [0.1, 0.15) is 11.1 Å². The molecule has 1 aromatic heterocycles. The van der Waals surface area contributed by atoms with Crippen molar-refractivity contribution in [2.45, 2.75) is 14.4 Å². The van der Waals surface area contributed by atoms with Crippen LogP contribution in [-0.4, -0.2) is 28.1 Å². The van der Waals surface area contributed by atoms with Crippen molar-refractivity contribution in [1.29, 1.82) is 0 Å². The maximum absolute atomic E-state index is 12.1. The molecule has 0 aliphatic rings. The van der Waals surface area contributed by atoms with Gasteiger partial charge in [0.25, 0.3) is 5.91 Å². The predicted molar refractivity (Wildman–Crippen MR) is 140 cm³/mol. The fraction of sp³-hybridized carbons (Fsp3) is 0.0833. The van der Waals surface area contributed by atoms with Crippen LogP contribution in [0.4, 0.5) is 0 Å². The van der Waals surface area contributed by atoms with E-state index in [1.807, 2.05) is 78.9 Å². The lowest BCUT2D eigenvalue weighted by Crippen LogP contribution is -2.19. The lowest BCUT2D eigenvalue weighted by atomic mass is 10.2. The Morgan fingerprint density at radius 1 is 0.971 bits per heavy atom. The molecule has 1 heterocycles. The molecule has 0 spiro atoms. The number of halogens is 1. The van der Waals surface area contributed by atoms with Crippen LogP contribution in [0.3, 0.4) is 0 Å². The highest BCUT2D eigenvalue weighted by Gasteiger charge is 2.09. The number of thioether (sulfide) groups is 2. The number of hydrogen-bond donors (Lipinski definition) is 1. The van der Waals surface area contributed by atoms with E-state index in [2.05, 4.69) is 20.7 Å². The third kappa shape index (κ3) is 7.59. The number of carbonyl (C=O) groups is 1. The average Bonchev–Trinajstić information content (AvgIpc) is 3.31. The van der Waals surface area contributed by atoms with Crippen LogP contribution < -0.4 is 10.2 Å². The number of amides is 1. The lowest BCUT2D eigenvalue weighted by molar-refractivity contribution is -0.118. The van der Waals surface area contributed by atoms with E-state index in [9.17, 15) is 4.79 Å². The van der Waals surface area contributed by atoms with Crippen molar-refractivity contribution < 1.29 is 9.53 Å². The summed E-state index contributed by atoms with van der Waals surface area (Å²) in [4.78, 5) is 12.1. The standard InChI is InChI=1S/C24H19ClN4O2S3/c25-21-12-5-4-8-18(21)15-32-23-28-29-24(34-23)33-16-22(30)27-26-14-17-7-6-11-20(13-17)31-19-9-2-1-3-10-19/h1-14H,15-16H2,(H,27,30)/b26-14-. The van der Waals surface area contributed by atoms with Crippen molar-refractivity contribution in [2.75, 3.05) is 5.75 Å². The fourth-order valence-corrected chi connectivity index (χ4v) is 5.79. The monoisotopic (exact) mass is 526 g/mol. The van der Waals surface area contributed by atoms with E-state index in [1.54, 1.807) is 18.0 Å². The van der Waals surface area contributed by atoms with Gasteiger partial charge in [0.15, 0.2) is 8.68 Å². The summed E-state index contributed by atoms with van der Waals surface area (Å²) in [6.45, 7) is 0. The van der Waals surface area contributed by atoms with Crippen LogP contribution in [0.15, 0.2) is 92.6 Å². The highest BCUT2D eigenvalue weighted by molar-refractivity contribution is 8.03. The van der Waals surface area contributed by atoms with Gasteiger partial charge in [0.1, 0.15) is 11.5 Å². The Morgan fingerprint density at radius 2 is 1.71 bits per heavy atom. The number of hydrogen-bond acceptors (Lipinski definition) is 8. The first-order valence-electron chi connectivity index (χ1n) is 10.1. The first kappa shape index (κ1) is 24.3. The Labute approximate surface area is 214 Å². The molecule has 0 unspecified atom stereocenters. The molecule has 0 atom stereocenters. The first-order valence-corrected chi connectivity index (χ1v) is 13.3. The van der Waals surface area contributed by atoms with Gasteiger partial charge < -0.3 is 4.74 Å². The topological polar surface area (TPSA) is 76.5 Å². The first-order chi connectivity index (χ1) is 16.7. The van der Waals surface area contributed by atoms with Gasteiger partial charge in [-0.25, -0.2) is 5.43 Å². The van der Waals surface area contributed by atoms with Crippen molar-refractivity contribution in [2.24, 2.45) is 5.10 Å². The second-order valence-electron chi connectivity index (χ2n) is 6.78. The molecule has 0 bridgehead atoms. The molecule has 6 nitrogen and oxygen atoms in total. The van der Waals surface area contributed by atoms with Gasteiger partial charge in [-0.15, -0.1) is 10.2 Å². The normalized spacial score (nSPS) is 11.0. The molecule has 0 radical (unpaired) electrons. The minimum Gasteiger partial charge on any atom is -0.457 e. The average molecular weight is 527 g/mol. The Hall–Kier alpha value is -2.85. The molecular formula is C24H19ClN4O2S3. The number of nitrogens with one attached hydrogen (secondary N) is 1. The third-order valence-electron chi connectivity index (χ3n) is 4.26. The van der Waals surface area contributed by atoms with E-state index in [4.69, 9.17) is 16.3 Å². The molecule has 1 amide bonds. The van der Waals surface area contributed by atoms with Crippen molar-refractivity contribution >= 4 is 58.6 Å². The summed E-state index contributed by atoms with van der Waals surface area (Å²) in [5, 5.41) is 13.1. The predicted octanol–water partition coefficient (Wildman–Crippen LogP) is 6.52. The Bertz CT molecular complexity index is 1270.